The highest BCUT2D eigenvalue weighted by Crippen LogP contribution is 2.27. The summed E-state index contributed by atoms with van der Waals surface area (Å²) in [5.74, 6) is 0.842. The molecule has 6 nitrogen and oxygen atoms in total. The minimum Gasteiger partial charge on any atom is -0.377 e. The van der Waals surface area contributed by atoms with E-state index in [1.165, 1.54) is 0 Å². The van der Waals surface area contributed by atoms with Crippen LogP contribution in [0.2, 0.25) is 5.28 Å². The van der Waals surface area contributed by atoms with Crippen molar-refractivity contribution < 1.29 is 4.74 Å². The Bertz CT molecular complexity index is 557. The van der Waals surface area contributed by atoms with Crippen LogP contribution in [0.5, 0.6) is 0 Å². The van der Waals surface area contributed by atoms with E-state index in [4.69, 9.17) is 16.3 Å². The monoisotopic (exact) mass is 267 g/mol. The summed E-state index contributed by atoms with van der Waals surface area (Å²) in [7, 11) is 0. The van der Waals surface area contributed by atoms with Crippen LogP contribution < -0.4 is 4.90 Å². The lowest BCUT2D eigenvalue weighted by Gasteiger charge is -2.36. The molecule has 1 aliphatic rings. The van der Waals surface area contributed by atoms with Gasteiger partial charge in [0.1, 0.15) is 5.82 Å². The van der Waals surface area contributed by atoms with Crippen LogP contribution in [0.15, 0.2) is 6.20 Å². The number of rotatable bonds is 2. The summed E-state index contributed by atoms with van der Waals surface area (Å²) in [6.45, 7) is 4.38. The van der Waals surface area contributed by atoms with Gasteiger partial charge in [-0.15, -0.1) is 0 Å². The highest BCUT2D eigenvalue weighted by molar-refractivity contribution is 6.28. The second-order valence-corrected chi connectivity index (χ2v) is 4.62. The summed E-state index contributed by atoms with van der Waals surface area (Å²) in [5, 5.41) is 7.98. The second-order valence-electron chi connectivity index (χ2n) is 4.28. The minimum absolute atomic E-state index is 0.239. The van der Waals surface area contributed by atoms with Crippen molar-refractivity contribution >= 4 is 28.5 Å². The Balaban J connectivity index is 2.08. The molecule has 2 aromatic heterocycles. The normalized spacial score (nSPS) is 20.6. The fourth-order valence-electron chi connectivity index (χ4n) is 2.28. The number of anilines is 1. The van der Waals surface area contributed by atoms with E-state index in [1.807, 2.05) is 0 Å². The Morgan fingerprint density at radius 2 is 2.44 bits per heavy atom. The maximum Gasteiger partial charge on any atom is 0.226 e. The molecule has 0 radical (unpaired) electrons. The molecule has 0 spiro atoms. The van der Waals surface area contributed by atoms with Crippen molar-refractivity contribution in [2.24, 2.45) is 0 Å². The zero-order valence-electron chi connectivity index (χ0n) is 10.1. The maximum absolute atomic E-state index is 5.96. The number of hydrogen-bond donors (Lipinski definition) is 1. The molecule has 0 amide bonds. The zero-order chi connectivity index (χ0) is 12.5. The lowest BCUT2D eigenvalue weighted by atomic mass is 10.1. The third kappa shape index (κ3) is 1.91. The van der Waals surface area contributed by atoms with Crippen molar-refractivity contribution in [3.8, 4) is 0 Å². The first-order chi connectivity index (χ1) is 8.79. The van der Waals surface area contributed by atoms with E-state index in [1.54, 1.807) is 6.20 Å². The van der Waals surface area contributed by atoms with Crippen molar-refractivity contribution in [2.75, 3.05) is 24.7 Å². The molecule has 18 heavy (non-hydrogen) atoms. The number of morpholine rings is 1. The van der Waals surface area contributed by atoms with Gasteiger partial charge in [0.25, 0.3) is 0 Å². The summed E-state index contributed by atoms with van der Waals surface area (Å²) < 4.78 is 5.51. The SMILES string of the molecule is CCC1COCCN1c1nc(Cl)nc2[nH]ncc12. The highest BCUT2D eigenvalue weighted by atomic mass is 35.5. The molecule has 3 heterocycles. The van der Waals surface area contributed by atoms with E-state index in [-0.39, 0.29) is 5.28 Å². The summed E-state index contributed by atoms with van der Waals surface area (Å²) in [5.41, 5.74) is 0.673. The quantitative estimate of drug-likeness (QED) is 0.838. The second kappa shape index (κ2) is 4.70. The summed E-state index contributed by atoms with van der Waals surface area (Å²) >= 11 is 5.96. The molecule has 1 unspecified atom stereocenters. The molecule has 1 saturated heterocycles. The molecule has 1 atom stereocenters. The molecule has 0 saturated carbocycles. The smallest absolute Gasteiger partial charge is 0.226 e. The third-order valence-corrected chi connectivity index (χ3v) is 3.40. The predicted octanol–water partition coefficient (Wildman–Crippen LogP) is 1.62. The zero-order valence-corrected chi connectivity index (χ0v) is 10.8. The fraction of sp³-hybridized carbons (Fsp3) is 0.545. The van der Waals surface area contributed by atoms with Crippen LogP contribution >= 0.6 is 11.6 Å². The molecule has 1 fully saturated rings. The number of hydrogen-bond acceptors (Lipinski definition) is 5. The van der Waals surface area contributed by atoms with Crippen molar-refractivity contribution in [1.29, 1.82) is 0 Å². The number of aromatic amines is 1. The van der Waals surface area contributed by atoms with Crippen molar-refractivity contribution in [1.82, 2.24) is 20.2 Å². The lowest BCUT2D eigenvalue weighted by Crippen LogP contribution is -2.45. The molecule has 2 aromatic rings. The van der Waals surface area contributed by atoms with E-state index in [9.17, 15) is 0 Å². The molecule has 96 valence electrons. The van der Waals surface area contributed by atoms with Gasteiger partial charge in [-0.3, -0.25) is 5.10 Å². The standard InChI is InChI=1S/C11H14ClN5O/c1-2-7-6-18-4-3-17(7)10-8-5-13-16-9(8)14-11(12)15-10/h5,7H,2-4,6H2,1H3,(H,13,14,15,16). The van der Waals surface area contributed by atoms with Gasteiger partial charge >= 0.3 is 0 Å². The molecule has 0 aromatic carbocycles. The predicted molar refractivity (Wildman–Crippen MR) is 68.9 cm³/mol. The number of H-pyrrole nitrogens is 1. The number of nitrogens with zero attached hydrogens (tertiary/aromatic N) is 4. The van der Waals surface area contributed by atoms with Crippen LogP contribution in [0, 0.1) is 0 Å². The molecule has 0 aliphatic carbocycles. The molecule has 3 rings (SSSR count). The van der Waals surface area contributed by atoms with Gasteiger partial charge in [-0.2, -0.15) is 15.1 Å². The van der Waals surface area contributed by atoms with Gasteiger partial charge < -0.3 is 9.64 Å². The largest absolute Gasteiger partial charge is 0.377 e. The van der Waals surface area contributed by atoms with E-state index >= 15 is 0 Å². The Hall–Kier alpha value is -1.40. The maximum atomic E-state index is 5.96. The first kappa shape index (κ1) is 11.7. The van der Waals surface area contributed by atoms with E-state index in [2.05, 4.69) is 32.0 Å². The van der Waals surface area contributed by atoms with Gasteiger partial charge in [0.15, 0.2) is 5.65 Å². The molecule has 7 heteroatoms. The van der Waals surface area contributed by atoms with Gasteiger partial charge in [0, 0.05) is 6.54 Å². The highest BCUT2D eigenvalue weighted by Gasteiger charge is 2.25. The molecular formula is C11H14ClN5O. The van der Waals surface area contributed by atoms with E-state index in [0.717, 1.165) is 30.8 Å². The molecular weight excluding hydrogens is 254 g/mol. The fourth-order valence-corrected chi connectivity index (χ4v) is 2.45. The van der Waals surface area contributed by atoms with Crippen LogP contribution in [-0.2, 0) is 4.74 Å². The van der Waals surface area contributed by atoms with Crippen LogP contribution in [0.4, 0.5) is 5.82 Å². The lowest BCUT2D eigenvalue weighted by molar-refractivity contribution is 0.0927. The van der Waals surface area contributed by atoms with Gasteiger partial charge in [0.05, 0.1) is 30.8 Å². The number of halogens is 1. The van der Waals surface area contributed by atoms with Crippen LogP contribution in [0.1, 0.15) is 13.3 Å². The first-order valence-corrected chi connectivity index (χ1v) is 6.38. The Morgan fingerprint density at radius 1 is 1.56 bits per heavy atom. The average molecular weight is 268 g/mol. The topological polar surface area (TPSA) is 66.9 Å². The van der Waals surface area contributed by atoms with E-state index < -0.39 is 0 Å². The summed E-state index contributed by atoms with van der Waals surface area (Å²) in [4.78, 5) is 10.7. The molecule has 1 aliphatic heterocycles. The van der Waals surface area contributed by atoms with Crippen molar-refractivity contribution in [3.05, 3.63) is 11.5 Å². The van der Waals surface area contributed by atoms with Crippen LogP contribution in [-0.4, -0.2) is 46.0 Å². The molecule has 0 bridgehead atoms. The first-order valence-electron chi connectivity index (χ1n) is 6.00. The molecule has 1 N–H and O–H groups in total. The van der Waals surface area contributed by atoms with E-state index in [0.29, 0.717) is 18.3 Å². The third-order valence-electron chi connectivity index (χ3n) is 3.23. The minimum atomic E-state index is 0.239. The Kier molecular flexibility index (Phi) is 3.05. The number of nitrogens with one attached hydrogen (secondary N) is 1. The van der Waals surface area contributed by atoms with Crippen molar-refractivity contribution in [3.63, 3.8) is 0 Å². The number of ether oxygens (including phenoxy) is 1. The number of aromatic nitrogens is 4. The van der Waals surface area contributed by atoms with Gasteiger partial charge in [-0.1, -0.05) is 6.92 Å². The Morgan fingerprint density at radius 3 is 3.28 bits per heavy atom. The van der Waals surface area contributed by atoms with Crippen LogP contribution in [0.3, 0.4) is 0 Å². The number of fused-ring (bicyclic) bond motifs is 1. The van der Waals surface area contributed by atoms with Crippen LogP contribution in [0.25, 0.3) is 11.0 Å². The summed E-state index contributed by atoms with van der Waals surface area (Å²) in [6, 6.07) is 0.322. The van der Waals surface area contributed by atoms with Crippen molar-refractivity contribution in [2.45, 2.75) is 19.4 Å². The van der Waals surface area contributed by atoms with Gasteiger partial charge in [-0.25, -0.2) is 0 Å². The van der Waals surface area contributed by atoms with Gasteiger partial charge in [-0.05, 0) is 18.0 Å². The Labute approximate surface area is 109 Å². The average Bonchev–Trinajstić information content (AvgIpc) is 2.85. The van der Waals surface area contributed by atoms with Gasteiger partial charge in [0.2, 0.25) is 5.28 Å². The summed E-state index contributed by atoms with van der Waals surface area (Å²) in [6.07, 6.45) is 2.74.